The Labute approximate surface area is 97.4 Å². The molecule has 1 aromatic rings. The topological polar surface area (TPSA) is 21.6 Å². The van der Waals surface area contributed by atoms with Gasteiger partial charge in [-0.05, 0) is 11.0 Å². The minimum Gasteiger partial charge on any atom is -0.471 e. The van der Waals surface area contributed by atoms with Crippen molar-refractivity contribution in [2.75, 3.05) is 0 Å². The van der Waals surface area contributed by atoms with E-state index in [2.05, 4.69) is 37.9 Å². The highest BCUT2D eigenvalue weighted by Gasteiger charge is 2.38. The molecule has 0 amide bonds. The molecule has 2 nitrogen and oxygen atoms in total. The van der Waals surface area contributed by atoms with Crippen molar-refractivity contribution in [2.45, 2.75) is 39.8 Å². The van der Waals surface area contributed by atoms with E-state index < -0.39 is 0 Å². The Morgan fingerprint density at radius 3 is 2.31 bits per heavy atom. The number of hydrogen-bond acceptors (Lipinski definition) is 2. The lowest BCUT2D eigenvalue weighted by Gasteiger charge is -2.28. The quantitative estimate of drug-likeness (QED) is 0.704. The predicted molar refractivity (Wildman–Crippen MR) is 66.6 cm³/mol. The number of nitrogens with zero attached hydrogens (tertiary/aromatic N) is 1. The summed E-state index contributed by atoms with van der Waals surface area (Å²) >= 11 is 0. The Bertz CT molecular complexity index is 389. The maximum absolute atomic E-state index is 5.84. The molecule has 2 rings (SSSR count). The summed E-state index contributed by atoms with van der Waals surface area (Å²) in [5.41, 5.74) is 1.33. The molecular weight excluding hydrogens is 198 g/mol. The van der Waals surface area contributed by atoms with Crippen LogP contribution in [-0.2, 0) is 4.74 Å². The Morgan fingerprint density at radius 1 is 1.12 bits per heavy atom. The molecule has 0 bridgehead atoms. The second-order valence-electron chi connectivity index (χ2n) is 5.41. The summed E-state index contributed by atoms with van der Waals surface area (Å²) in [6.07, 6.45) is 0.0706. The summed E-state index contributed by atoms with van der Waals surface area (Å²) in [4.78, 5) is 4.61. The van der Waals surface area contributed by atoms with E-state index in [0.717, 1.165) is 5.90 Å². The van der Waals surface area contributed by atoms with Gasteiger partial charge in [0, 0.05) is 6.92 Å². The van der Waals surface area contributed by atoms with E-state index in [1.54, 1.807) is 0 Å². The first-order chi connectivity index (χ1) is 7.48. The van der Waals surface area contributed by atoms with Gasteiger partial charge in [-0.15, -0.1) is 0 Å². The largest absolute Gasteiger partial charge is 0.471 e. The highest BCUT2D eigenvalue weighted by Crippen LogP contribution is 2.39. The van der Waals surface area contributed by atoms with E-state index in [4.69, 9.17) is 4.74 Å². The first-order valence-electron chi connectivity index (χ1n) is 5.74. The van der Waals surface area contributed by atoms with E-state index in [-0.39, 0.29) is 17.6 Å². The molecule has 0 N–H and O–H groups in total. The Morgan fingerprint density at radius 2 is 1.75 bits per heavy atom. The Kier molecular flexibility index (Phi) is 2.75. The summed E-state index contributed by atoms with van der Waals surface area (Å²) in [6.45, 7) is 8.55. The van der Waals surface area contributed by atoms with Gasteiger partial charge in [-0.1, -0.05) is 51.1 Å². The van der Waals surface area contributed by atoms with Gasteiger partial charge in [0.25, 0.3) is 0 Å². The molecule has 0 aromatic heterocycles. The zero-order valence-electron chi connectivity index (χ0n) is 10.4. The molecule has 0 fully saturated rings. The first kappa shape index (κ1) is 11.2. The van der Waals surface area contributed by atoms with Crippen LogP contribution in [0.15, 0.2) is 35.3 Å². The van der Waals surface area contributed by atoms with Crippen molar-refractivity contribution in [3.8, 4) is 0 Å². The van der Waals surface area contributed by atoms with Gasteiger partial charge in [-0.2, -0.15) is 0 Å². The smallest absolute Gasteiger partial charge is 0.181 e. The van der Waals surface area contributed by atoms with E-state index in [1.807, 2.05) is 25.1 Å². The summed E-state index contributed by atoms with van der Waals surface area (Å²) in [6, 6.07) is 10.5. The summed E-state index contributed by atoms with van der Waals surface area (Å²) in [7, 11) is 0. The number of hydrogen-bond donors (Lipinski definition) is 0. The van der Waals surface area contributed by atoms with Gasteiger partial charge in [0.15, 0.2) is 5.90 Å². The van der Waals surface area contributed by atoms with Crippen LogP contribution in [0.5, 0.6) is 0 Å². The van der Waals surface area contributed by atoms with Crippen LogP contribution < -0.4 is 0 Å². The van der Waals surface area contributed by atoms with Crippen LogP contribution >= 0.6 is 0 Å². The third kappa shape index (κ3) is 2.11. The van der Waals surface area contributed by atoms with Gasteiger partial charge in [0.1, 0.15) is 6.10 Å². The average molecular weight is 217 g/mol. The third-order valence-corrected chi connectivity index (χ3v) is 2.92. The molecule has 86 valence electrons. The molecule has 2 atom stereocenters. The van der Waals surface area contributed by atoms with Crippen LogP contribution in [0.25, 0.3) is 0 Å². The van der Waals surface area contributed by atoms with Gasteiger partial charge >= 0.3 is 0 Å². The number of aliphatic imine (C=N–C) groups is 1. The third-order valence-electron chi connectivity index (χ3n) is 2.92. The maximum Gasteiger partial charge on any atom is 0.181 e. The predicted octanol–water partition coefficient (Wildman–Crippen LogP) is 3.59. The average Bonchev–Trinajstić information content (AvgIpc) is 2.61. The van der Waals surface area contributed by atoms with E-state index in [9.17, 15) is 0 Å². The Balaban J connectivity index is 2.30. The van der Waals surface area contributed by atoms with Crippen molar-refractivity contribution in [3.05, 3.63) is 35.9 Å². The van der Waals surface area contributed by atoms with Crippen molar-refractivity contribution in [2.24, 2.45) is 10.4 Å². The van der Waals surface area contributed by atoms with Crippen molar-refractivity contribution >= 4 is 5.90 Å². The maximum atomic E-state index is 5.84. The second kappa shape index (κ2) is 3.93. The molecular formula is C14H19NO. The molecule has 1 aliphatic heterocycles. The highest BCUT2D eigenvalue weighted by molar-refractivity contribution is 5.75. The monoisotopic (exact) mass is 217 g/mol. The van der Waals surface area contributed by atoms with Crippen LogP contribution in [0.2, 0.25) is 0 Å². The van der Waals surface area contributed by atoms with E-state index in [0.29, 0.717) is 0 Å². The van der Waals surface area contributed by atoms with E-state index in [1.165, 1.54) is 5.56 Å². The first-order valence-corrected chi connectivity index (χ1v) is 5.74. The summed E-state index contributed by atoms with van der Waals surface area (Å²) in [5, 5.41) is 0. The summed E-state index contributed by atoms with van der Waals surface area (Å²) < 4.78 is 5.84. The highest BCUT2D eigenvalue weighted by atomic mass is 16.5. The molecule has 16 heavy (non-hydrogen) atoms. The lowest BCUT2D eigenvalue weighted by atomic mass is 9.82. The fourth-order valence-corrected chi connectivity index (χ4v) is 2.08. The minimum absolute atomic E-state index is 0.0706. The van der Waals surface area contributed by atoms with Gasteiger partial charge in [0.2, 0.25) is 0 Å². The van der Waals surface area contributed by atoms with Gasteiger partial charge in [0.05, 0.1) is 6.04 Å². The second-order valence-corrected chi connectivity index (χ2v) is 5.41. The standard InChI is InChI=1S/C14H19NO/c1-10-15-13(14(2,3)4)12(16-10)11-8-6-5-7-9-11/h5-9,12-13H,1-4H3. The molecule has 2 heteroatoms. The molecule has 1 heterocycles. The molecule has 1 aliphatic rings. The van der Waals surface area contributed by atoms with Crippen molar-refractivity contribution in [1.82, 2.24) is 0 Å². The fraction of sp³-hybridized carbons (Fsp3) is 0.500. The zero-order valence-corrected chi connectivity index (χ0v) is 10.4. The SMILES string of the molecule is CC1=NC(C(C)(C)C)C(c2ccccc2)O1. The molecule has 1 aromatic carbocycles. The van der Waals surface area contributed by atoms with Crippen molar-refractivity contribution in [3.63, 3.8) is 0 Å². The molecule has 0 radical (unpaired) electrons. The van der Waals surface area contributed by atoms with Crippen LogP contribution in [-0.4, -0.2) is 11.9 Å². The molecule has 0 aliphatic carbocycles. The van der Waals surface area contributed by atoms with E-state index >= 15 is 0 Å². The lowest BCUT2D eigenvalue weighted by molar-refractivity contribution is 0.138. The minimum atomic E-state index is 0.0706. The van der Waals surface area contributed by atoms with Crippen LogP contribution in [0.4, 0.5) is 0 Å². The molecule has 2 unspecified atom stereocenters. The van der Waals surface area contributed by atoms with Gasteiger partial charge in [-0.3, -0.25) is 0 Å². The number of rotatable bonds is 1. The number of benzene rings is 1. The van der Waals surface area contributed by atoms with Gasteiger partial charge in [-0.25, -0.2) is 4.99 Å². The van der Waals surface area contributed by atoms with Crippen LogP contribution in [0.1, 0.15) is 39.4 Å². The van der Waals surface area contributed by atoms with Crippen molar-refractivity contribution in [1.29, 1.82) is 0 Å². The van der Waals surface area contributed by atoms with Crippen LogP contribution in [0.3, 0.4) is 0 Å². The normalized spacial score (nSPS) is 25.1. The zero-order chi connectivity index (χ0) is 11.8. The lowest BCUT2D eigenvalue weighted by Crippen LogP contribution is -2.28. The van der Waals surface area contributed by atoms with Crippen LogP contribution in [0, 0.1) is 5.41 Å². The number of ether oxygens (including phenoxy) is 1. The molecule has 0 spiro atoms. The summed E-state index contributed by atoms with van der Waals surface area (Å²) in [5.74, 6) is 0.800. The van der Waals surface area contributed by atoms with Crippen molar-refractivity contribution < 1.29 is 4.74 Å². The fourth-order valence-electron chi connectivity index (χ4n) is 2.08. The molecule has 0 saturated heterocycles. The molecule has 0 saturated carbocycles. The van der Waals surface area contributed by atoms with Gasteiger partial charge < -0.3 is 4.74 Å². The Hall–Kier alpha value is -1.31.